The van der Waals surface area contributed by atoms with Crippen molar-refractivity contribution in [3.8, 4) is 0 Å². The van der Waals surface area contributed by atoms with Gasteiger partial charge in [0.05, 0.1) is 5.56 Å². The van der Waals surface area contributed by atoms with Crippen molar-refractivity contribution in [2.75, 3.05) is 5.73 Å². The lowest BCUT2D eigenvalue weighted by Gasteiger charge is -2.10. The number of anilines is 1. The highest BCUT2D eigenvalue weighted by Gasteiger charge is 2.31. The van der Waals surface area contributed by atoms with Crippen molar-refractivity contribution in [2.45, 2.75) is 13.1 Å². The average Bonchev–Trinajstić information content (AvgIpc) is 1.97. The van der Waals surface area contributed by atoms with E-state index in [-0.39, 0.29) is 5.69 Å². The maximum absolute atomic E-state index is 12.2. The molecule has 13 heavy (non-hydrogen) atoms. The van der Waals surface area contributed by atoms with E-state index in [9.17, 15) is 13.2 Å². The van der Waals surface area contributed by atoms with E-state index in [1.807, 2.05) is 0 Å². The van der Waals surface area contributed by atoms with Crippen LogP contribution in [0.4, 0.5) is 18.9 Å². The summed E-state index contributed by atoms with van der Waals surface area (Å²) >= 11 is 3.01. The molecule has 2 N–H and O–H groups in total. The summed E-state index contributed by atoms with van der Waals surface area (Å²) in [5.74, 6) is 0. The molecular weight excluding hydrogens is 247 g/mol. The minimum Gasteiger partial charge on any atom is -0.398 e. The van der Waals surface area contributed by atoms with Crippen molar-refractivity contribution < 1.29 is 13.2 Å². The van der Waals surface area contributed by atoms with Crippen molar-refractivity contribution in [3.05, 3.63) is 27.7 Å². The molecule has 0 saturated carbocycles. The summed E-state index contributed by atoms with van der Waals surface area (Å²) in [7, 11) is 0. The fraction of sp³-hybridized carbons (Fsp3) is 0.250. The van der Waals surface area contributed by atoms with Crippen LogP contribution in [0.5, 0.6) is 0 Å². The molecule has 0 amide bonds. The Labute approximate surface area is 81.9 Å². The van der Waals surface area contributed by atoms with E-state index >= 15 is 0 Å². The van der Waals surface area contributed by atoms with Gasteiger partial charge >= 0.3 is 6.18 Å². The van der Waals surface area contributed by atoms with Crippen molar-refractivity contribution in [1.82, 2.24) is 0 Å². The summed E-state index contributed by atoms with van der Waals surface area (Å²) in [5.41, 5.74) is 5.41. The standard InChI is InChI=1S/C8H7BrF3N/c1-4-6(9)2-5(3-7(4)13)8(10,11)12/h2-3H,13H2,1H3. The summed E-state index contributed by atoms with van der Waals surface area (Å²) in [5, 5.41) is 0. The van der Waals surface area contributed by atoms with Crippen molar-refractivity contribution in [3.63, 3.8) is 0 Å². The predicted octanol–water partition coefficient (Wildman–Crippen LogP) is 3.36. The fourth-order valence-electron chi connectivity index (χ4n) is 0.864. The molecule has 1 nitrogen and oxygen atoms in total. The van der Waals surface area contributed by atoms with Gasteiger partial charge in [-0.05, 0) is 24.6 Å². The maximum atomic E-state index is 12.2. The lowest BCUT2D eigenvalue weighted by molar-refractivity contribution is -0.137. The van der Waals surface area contributed by atoms with E-state index in [1.54, 1.807) is 6.92 Å². The largest absolute Gasteiger partial charge is 0.416 e. The van der Waals surface area contributed by atoms with Gasteiger partial charge in [-0.2, -0.15) is 13.2 Å². The SMILES string of the molecule is Cc1c(N)cc(C(F)(F)F)cc1Br. The number of alkyl halides is 3. The first-order chi connectivity index (χ1) is 5.82. The maximum Gasteiger partial charge on any atom is 0.416 e. The smallest absolute Gasteiger partial charge is 0.398 e. The van der Waals surface area contributed by atoms with Gasteiger partial charge in [-0.15, -0.1) is 0 Å². The van der Waals surface area contributed by atoms with Crippen LogP contribution in [-0.4, -0.2) is 0 Å². The van der Waals surface area contributed by atoms with Crippen LogP contribution in [0.2, 0.25) is 0 Å². The fourth-order valence-corrected chi connectivity index (χ4v) is 1.34. The molecule has 0 fully saturated rings. The van der Waals surface area contributed by atoms with E-state index in [2.05, 4.69) is 15.9 Å². The molecule has 1 aromatic rings. The number of nitrogen functional groups attached to an aromatic ring is 1. The van der Waals surface area contributed by atoms with Crippen molar-refractivity contribution >= 4 is 21.6 Å². The average molecular weight is 254 g/mol. The number of rotatable bonds is 0. The minimum atomic E-state index is -4.34. The molecule has 1 aromatic carbocycles. The van der Waals surface area contributed by atoms with Gasteiger partial charge < -0.3 is 5.73 Å². The second kappa shape index (κ2) is 3.21. The van der Waals surface area contributed by atoms with Crippen LogP contribution >= 0.6 is 15.9 Å². The van der Waals surface area contributed by atoms with Gasteiger partial charge in [0.15, 0.2) is 0 Å². The third kappa shape index (κ3) is 2.15. The third-order valence-corrected chi connectivity index (χ3v) is 2.54. The Morgan fingerprint density at radius 2 is 1.85 bits per heavy atom. The molecule has 0 aliphatic rings. The van der Waals surface area contributed by atoms with Crippen molar-refractivity contribution in [1.29, 1.82) is 0 Å². The van der Waals surface area contributed by atoms with Gasteiger partial charge in [-0.25, -0.2) is 0 Å². The van der Waals surface area contributed by atoms with Crippen LogP contribution in [0.1, 0.15) is 11.1 Å². The topological polar surface area (TPSA) is 26.0 Å². The zero-order valence-corrected chi connectivity index (χ0v) is 8.33. The molecule has 72 valence electrons. The van der Waals surface area contributed by atoms with E-state index in [4.69, 9.17) is 5.73 Å². The van der Waals surface area contributed by atoms with Crippen LogP contribution in [0.3, 0.4) is 0 Å². The highest BCUT2D eigenvalue weighted by atomic mass is 79.9. The van der Waals surface area contributed by atoms with Crippen LogP contribution in [0.15, 0.2) is 16.6 Å². The number of hydrogen-bond acceptors (Lipinski definition) is 1. The molecular formula is C8H7BrF3N. The zero-order valence-electron chi connectivity index (χ0n) is 6.74. The second-order valence-electron chi connectivity index (χ2n) is 2.67. The first kappa shape index (κ1) is 10.4. The summed E-state index contributed by atoms with van der Waals surface area (Å²) in [6, 6.07) is 1.95. The second-order valence-corrected chi connectivity index (χ2v) is 3.52. The summed E-state index contributed by atoms with van der Waals surface area (Å²) in [6.45, 7) is 1.65. The molecule has 0 bridgehead atoms. The number of hydrogen-bond donors (Lipinski definition) is 1. The highest BCUT2D eigenvalue weighted by molar-refractivity contribution is 9.10. The van der Waals surface area contributed by atoms with Gasteiger partial charge in [0.2, 0.25) is 0 Å². The van der Waals surface area contributed by atoms with Gasteiger partial charge in [0, 0.05) is 10.2 Å². The van der Waals surface area contributed by atoms with E-state index in [0.717, 1.165) is 12.1 Å². The van der Waals surface area contributed by atoms with Gasteiger partial charge in [-0.3, -0.25) is 0 Å². The number of halogens is 4. The van der Waals surface area contributed by atoms with Crippen LogP contribution in [0.25, 0.3) is 0 Å². The monoisotopic (exact) mass is 253 g/mol. The Balaban J connectivity index is 3.29. The summed E-state index contributed by atoms with van der Waals surface area (Å²) < 4.78 is 37.0. The molecule has 0 radical (unpaired) electrons. The molecule has 5 heteroatoms. The minimum absolute atomic E-state index is 0.140. The van der Waals surface area contributed by atoms with Gasteiger partial charge in [0.25, 0.3) is 0 Å². The molecule has 0 aliphatic heterocycles. The lowest BCUT2D eigenvalue weighted by Crippen LogP contribution is -2.06. The zero-order chi connectivity index (χ0) is 10.2. The van der Waals surface area contributed by atoms with Crippen LogP contribution < -0.4 is 5.73 Å². The summed E-state index contributed by atoms with van der Waals surface area (Å²) in [6.07, 6.45) is -4.34. The predicted molar refractivity (Wildman–Crippen MR) is 48.3 cm³/mol. The quantitative estimate of drug-likeness (QED) is 0.706. The first-order valence-electron chi connectivity index (χ1n) is 3.45. The van der Waals surface area contributed by atoms with Crippen LogP contribution in [0, 0.1) is 6.92 Å². The normalized spacial score (nSPS) is 11.8. The molecule has 0 aromatic heterocycles. The summed E-state index contributed by atoms with van der Waals surface area (Å²) in [4.78, 5) is 0. The van der Waals surface area contributed by atoms with E-state index in [1.165, 1.54) is 0 Å². The molecule has 0 heterocycles. The third-order valence-electron chi connectivity index (χ3n) is 1.71. The Hall–Kier alpha value is -0.710. The number of nitrogens with two attached hydrogens (primary N) is 1. The Morgan fingerprint density at radius 1 is 1.31 bits per heavy atom. The number of benzene rings is 1. The molecule has 1 rings (SSSR count). The highest BCUT2D eigenvalue weighted by Crippen LogP contribution is 2.34. The van der Waals surface area contributed by atoms with Gasteiger partial charge in [0.1, 0.15) is 0 Å². The molecule has 0 spiro atoms. The Bertz CT molecular complexity index is 310. The van der Waals surface area contributed by atoms with E-state index < -0.39 is 11.7 Å². The molecule has 0 atom stereocenters. The first-order valence-corrected chi connectivity index (χ1v) is 4.24. The molecule has 0 saturated heterocycles. The van der Waals surface area contributed by atoms with E-state index in [0.29, 0.717) is 10.0 Å². The van der Waals surface area contributed by atoms with Gasteiger partial charge in [-0.1, -0.05) is 15.9 Å². The molecule has 0 aliphatic carbocycles. The Kier molecular flexibility index (Phi) is 2.56. The van der Waals surface area contributed by atoms with Crippen molar-refractivity contribution in [2.24, 2.45) is 0 Å². The van der Waals surface area contributed by atoms with Crippen LogP contribution in [-0.2, 0) is 6.18 Å². The molecule has 0 unspecified atom stereocenters. The Morgan fingerprint density at radius 3 is 2.23 bits per heavy atom. The lowest BCUT2D eigenvalue weighted by atomic mass is 10.1.